The van der Waals surface area contributed by atoms with Gasteiger partial charge in [0.05, 0.1) is 0 Å². The van der Waals surface area contributed by atoms with Crippen molar-refractivity contribution in [3.8, 4) is 0 Å². The van der Waals surface area contributed by atoms with Crippen molar-refractivity contribution in [2.24, 2.45) is 0 Å². The van der Waals surface area contributed by atoms with E-state index in [0.717, 1.165) is 17.3 Å². The van der Waals surface area contributed by atoms with E-state index in [-0.39, 0.29) is 6.04 Å². The molecule has 0 aliphatic heterocycles. The number of halogens is 2. The summed E-state index contributed by atoms with van der Waals surface area (Å²) in [6.07, 6.45) is 0. The van der Waals surface area contributed by atoms with E-state index in [4.69, 9.17) is 0 Å². The first-order valence-electron chi connectivity index (χ1n) is 6.26. The lowest BCUT2D eigenvalue weighted by atomic mass is 10.1. The van der Waals surface area contributed by atoms with Crippen LogP contribution in [0.1, 0.15) is 29.7 Å². The third-order valence-corrected chi connectivity index (χ3v) is 3.33. The molecule has 2 rings (SSSR count). The first kappa shape index (κ1) is 13.5. The minimum absolute atomic E-state index is 0.0859. The van der Waals surface area contributed by atoms with Gasteiger partial charge in [-0.05, 0) is 61.7 Å². The molecule has 0 spiro atoms. The highest BCUT2D eigenvalue weighted by atomic mass is 19.2. The van der Waals surface area contributed by atoms with E-state index in [1.807, 2.05) is 32.0 Å². The molecule has 0 fully saturated rings. The van der Waals surface area contributed by atoms with E-state index in [1.165, 1.54) is 17.2 Å². The topological polar surface area (TPSA) is 12.0 Å². The number of aryl methyl sites for hydroxylation is 2. The monoisotopic (exact) mass is 261 g/mol. The summed E-state index contributed by atoms with van der Waals surface area (Å²) in [5.74, 6) is -1.63. The second kappa shape index (κ2) is 5.39. The van der Waals surface area contributed by atoms with Gasteiger partial charge in [0, 0.05) is 11.7 Å². The van der Waals surface area contributed by atoms with Crippen molar-refractivity contribution >= 4 is 5.69 Å². The Labute approximate surface area is 112 Å². The van der Waals surface area contributed by atoms with E-state index >= 15 is 0 Å². The van der Waals surface area contributed by atoms with E-state index in [0.29, 0.717) is 0 Å². The number of hydrogen-bond acceptors (Lipinski definition) is 1. The summed E-state index contributed by atoms with van der Waals surface area (Å²) in [6, 6.07) is 9.96. The molecule has 0 aliphatic rings. The Bertz CT molecular complexity index is 593. The molecule has 2 aromatic carbocycles. The third-order valence-electron chi connectivity index (χ3n) is 3.33. The van der Waals surface area contributed by atoms with Gasteiger partial charge in [-0.15, -0.1) is 0 Å². The standard InChI is InChI=1S/C16H17F2N/c1-10-4-6-14(8-11(10)2)19-12(3)13-5-7-15(17)16(18)9-13/h4-9,12,19H,1-3H3. The molecule has 0 aliphatic carbocycles. The van der Waals surface area contributed by atoms with Crippen molar-refractivity contribution < 1.29 is 8.78 Å². The second-order valence-electron chi connectivity index (χ2n) is 4.84. The fourth-order valence-electron chi connectivity index (χ4n) is 1.95. The Hall–Kier alpha value is -1.90. The minimum Gasteiger partial charge on any atom is -0.379 e. The predicted octanol–water partition coefficient (Wildman–Crippen LogP) is 4.75. The van der Waals surface area contributed by atoms with Crippen LogP contribution in [0, 0.1) is 25.5 Å². The fourth-order valence-corrected chi connectivity index (χ4v) is 1.95. The van der Waals surface area contributed by atoms with E-state index < -0.39 is 11.6 Å². The lowest BCUT2D eigenvalue weighted by molar-refractivity contribution is 0.506. The predicted molar refractivity (Wildman–Crippen MR) is 74.3 cm³/mol. The highest BCUT2D eigenvalue weighted by molar-refractivity contribution is 5.49. The summed E-state index contributed by atoms with van der Waals surface area (Å²) in [7, 11) is 0. The lowest BCUT2D eigenvalue weighted by Crippen LogP contribution is -2.07. The lowest BCUT2D eigenvalue weighted by Gasteiger charge is -2.17. The average Bonchev–Trinajstić information content (AvgIpc) is 2.37. The Balaban J connectivity index is 2.17. The zero-order valence-electron chi connectivity index (χ0n) is 11.3. The molecule has 1 nitrogen and oxygen atoms in total. The summed E-state index contributed by atoms with van der Waals surface area (Å²) in [5.41, 5.74) is 4.12. The first-order chi connectivity index (χ1) is 8.97. The molecule has 2 aromatic rings. The van der Waals surface area contributed by atoms with Gasteiger partial charge in [0.2, 0.25) is 0 Å². The van der Waals surface area contributed by atoms with Gasteiger partial charge in [0.1, 0.15) is 0 Å². The van der Waals surface area contributed by atoms with Gasteiger partial charge in [-0.3, -0.25) is 0 Å². The normalized spacial score (nSPS) is 12.3. The number of hydrogen-bond donors (Lipinski definition) is 1. The molecule has 3 heteroatoms. The highest BCUT2D eigenvalue weighted by Gasteiger charge is 2.09. The largest absolute Gasteiger partial charge is 0.379 e. The van der Waals surface area contributed by atoms with Crippen LogP contribution in [-0.4, -0.2) is 0 Å². The molecule has 100 valence electrons. The average molecular weight is 261 g/mol. The zero-order valence-corrected chi connectivity index (χ0v) is 11.3. The molecule has 0 bridgehead atoms. The fraction of sp³-hybridized carbons (Fsp3) is 0.250. The molecule has 0 saturated carbocycles. The van der Waals surface area contributed by atoms with Crippen LogP contribution in [0.3, 0.4) is 0 Å². The summed E-state index contributed by atoms with van der Waals surface area (Å²) < 4.78 is 26.1. The minimum atomic E-state index is -0.817. The smallest absolute Gasteiger partial charge is 0.159 e. The molecule has 19 heavy (non-hydrogen) atoms. The number of rotatable bonds is 3. The van der Waals surface area contributed by atoms with Crippen LogP contribution >= 0.6 is 0 Å². The Morgan fingerprint density at radius 1 is 0.895 bits per heavy atom. The van der Waals surface area contributed by atoms with Gasteiger partial charge in [0.25, 0.3) is 0 Å². The maximum Gasteiger partial charge on any atom is 0.159 e. The van der Waals surface area contributed by atoms with Crippen molar-refractivity contribution in [1.29, 1.82) is 0 Å². The maximum atomic E-state index is 13.2. The molecule has 0 amide bonds. The van der Waals surface area contributed by atoms with Gasteiger partial charge >= 0.3 is 0 Å². The maximum absolute atomic E-state index is 13.2. The summed E-state index contributed by atoms with van der Waals surface area (Å²) in [5, 5.41) is 3.28. The molecule has 0 radical (unpaired) electrons. The summed E-state index contributed by atoms with van der Waals surface area (Å²) in [6.45, 7) is 6.02. The Kier molecular flexibility index (Phi) is 3.84. The van der Waals surface area contributed by atoms with Crippen molar-refractivity contribution in [2.45, 2.75) is 26.8 Å². The van der Waals surface area contributed by atoms with Gasteiger partial charge in [-0.25, -0.2) is 8.78 Å². The molecule has 0 saturated heterocycles. The SMILES string of the molecule is Cc1ccc(NC(C)c2ccc(F)c(F)c2)cc1C. The van der Waals surface area contributed by atoms with Crippen LogP contribution in [0.25, 0.3) is 0 Å². The van der Waals surface area contributed by atoms with Crippen LogP contribution in [0.4, 0.5) is 14.5 Å². The van der Waals surface area contributed by atoms with Crippen molar-refractivity contribution in [3.05, 3.63) is 64.7 Å². The number of anilines is 1. The molecular formula is C16H17F2N. The Morgan fingerprint density at radius 3 is 2.26 bits per heavy atom. The van der Waals surface area contributed by atoms with Gasteiger partial charge in [0.15, 0.2) is 11.6 Å². The summed E-state index contributed by atoms with van der Waals surface area (Å²) >= 11 is 0. The zero-order chi connectivity index (χ0) is 14.0. The molecular weight excluding hydrogens is 244 g/mol. The quantitative estimate of drug-likeness (QED) is 0.840. The molecule has 1 N–H and O–H groups in total. The van der Waals surface area contributed by atoms with Gasteiger partial charge in [-0.2, -0.15) is 0 Å². The van der Waals surface area contributed by atoms with Gasteiger partial charge in [-0.1, -0.05) is 12.1 Å². The van der Waals surface area contributed by atoms with Crippen LogP contribution < -0.4 is 5.32 Å². The Morgan fingerprint density at radius 2 is 1.63 bits per heavy atom. The second-order valence-corrected chi connectivity index (χ2v) is 4.84. The van der Waals surface area contributed by atoms with Crippen molar-refractivity contribution in [2.75, 3.05) is 5.32 Å². The number of nitrogens with one attached hydrogen (secondary N) is 1. The number of benzene rings is 2. The molecule has 0 heterocycles. The van der Waals surface area contributed by atoms with Crippen molar-refractivity contribution in [1.82, 2.24) is 0 Å². The van der Waals surface area contributed by atoms with E-state index in [1.54, 1.807) is 6.07 Å². The molecule has 0 aromatic heterocycles. The van der Waals surface area contributed by atoms with Crippen LogP contribution in [0.15, 0.2) is 36.4 Å². The highest BCUT2D eigenvalue weighted by Crippen LogP contribution is 2.22. The van der Waals surface area contributed by atoms with Crippen molar-refractivity contribution in [3.63, 3.8) is 0 Å². The van der Waals surface area contributed by atoms with E-state index in [2.05, 4.69) is 12.2 Å². The first-order valence-corrected chi connectivity index (χ1v) is 6.26. The van der Waals surface area contributed by atoms with Crippen LogP contribution in [0.5, 0.6) is 0 Å². The third kappa shape index (κ3) is 3.11. The molecule has 1 unspecified atom stereocenters. The van der Waals surface area contributed by atoms with Crippen LogP contribution in [0.2, 0.25) is 0 Å². The van der Waals surface area contributed by atoms with Gasteiger partial charge < -0.3 is 5.32 Å². The molecule has 1 atom stereocenters. The summed E-state index contributed by atoms with van der Waals surface area (Å²) in [4.78, 5) is 0. The van der Waals surface area contributed by atoms with Crippen LogP contribution in [-0.2, 0) is 0 Å². The van der Waals surface area contributed by atoms with E-state index in [9.17, 15) is 8.78 Å².